The third-order valence-electron chi connectivity index (χ3n) is 3.79. The fraction of sp³-hybridized carbons (Fsp3) is 0.300. The molecule has 124 valence electrons. The van der Waals surface area contributed by atoms with E-state index >= 15 is 0 Å². The lowest BCUT2D eigenvalue weighted by atomic mass is 10.0. The zero-order valence-corrected chi connectivity index (χ0v) is 14.4. The molecule has 4 nitrogen and oxygen atoms in total. The minimum Gasteiger partial charge on any atom is -0.325 e. The van der Waals surface area contributed by atoms with Crippen LogP contribution in [0, 0.1) is 11.3 Å². The van der Waals surface area contributed by atoms with Crippen LogP contribution in [0.25, 0.3) is 0 Å². The van der Waals surface area contributed by atoms with Crippen LogP contribution in [-0.2, 0) is 11.3 Å². The summed E-state index contributed by atoms with van der Waals surface area (Å²) >= 11 is 0. The number of rotatable bonds is 6. The van der Waals surface area contributed by atoms with Gasteiger partial charge < -0.3 is 5.32 Å². The van der Waals surface area contributed by atoms with Gasteiger partial charge in [-0.3, -0.25) is 9.69 Å². The summed E-state index contributed by atoms with van der Waals surface area (Å²) in [6, 6.07) is 17.5. The summed E-state index contributed by atoms with van der Waals surface area (Å²) < 4.78 is 0. The summed E-state index contributed by atoms with van der Waals surface area (Å²) in [7, 11) is 1.92. The molecule has 0 heterocycles. The second-order valence-electron chi connectivity index (χ2n) is 6.31. The van der Waals surface area contributed by atoms with Crippen molar-refractivity contribution in [1.29, 1.82) is 5.26 Å². The smallest absolute Gasteiger partial charge is 0.238 e. The van der Waals surface area contributed by atoms with Gasteiger partial charge in [-0.2, -0.15) is 5.26 Å². The molecule has 24 heavy (non-hydrogen) atoms. The number of carbonyl (C=O) groups is 1. The number of hydrogen-bond acceptors (Lipinski definition) is 3. The Morgan fingerprint density at radius 1 is 1.21 bits per heavy atom. The molecule has 0 saturated carbocycles. The molecule has 0 spiro atoms. The molecule has 0 aromatic heterocycles. The van der Waals surface area contributed by atoms with Gasteiger partial charge in [0.1, 0.15) is 0 Å². The minimum atomic E-state index is -0.0913. The van der Waals surface area contributed by atoms with Gasteiger partial charge in [-0.1, -0.05) is 44.2 Å². The lowest BCUT2D eigenvalue weighted by Gasteiger charge is -2.17. The van der Waals surface area contributed by atoms with Gasteiger partial charge in [0.05, 0.1) is 18.2 Å². The van der Waals surface area contributed by atoms with Crippen LogP contribution in [0.15, 0.2) is 48.5 Å². The summed E-state index contributed by atoms with van der Waals surface area (Å²) in [5.74, 6) is 0.429. The molecule has 0 atom stereocenters. The van der Waals surface area contributed by atoms with E-state index in [9.17, 15) is 4.79 Å². The molecule has 4 heteroatoms. The van der Waals surface area contributed by atoms with Gasteiger partial charge in [0.15, 0.2) is 0 Å². The number of nitrogens with zero attached hydrogens (tertiary/aromatic N) is 2. The van der Waals surface area contributed by atoms with Gasteiger partial charge in [0, 0.05) is 12.2 Å². The SMILES string of the molecule is CC(C)c1ccc(CN(C)CC(=O)Nc2cccc(C#N)c2)cc1. The number of benzene rings is 2. The number of anilines is 1. The fourth-order valence-electron chi connectivity index (χ4n) is 2.49. The zero-order valence-electron chi connectivity index (χ0n) is 14.4. The van der Waals surface area contributed by atoms with E-state index < -0.39 is 0 Å². The Morgan fingerprint density at radius 2 is 1.92 bits per heavy atom. The van der Waals surface area contributed by atoms with Crippen molar-refractivity contribution in [1.82, 2.24) is 4.90 Å². The maximum absolute atomic E-state index is 12.1. The Bertz CT molecular complexity index is 729. The maximum Gasteiger partial charge on any atom is 0.238 e. The van der Waals surface area contributed by atoms with E-state index in [-0.39, 0.29) is 5.91 Å². The first-order valence-electron chi connectivity index (χ1n) is 8.05. The van der Waals surface area contributed by atoms with Gasteiger partial charge in [-0.05, 0) is 42.3 Å². The van der Waals surface area contributed by atoms with Crippen LogP contribution in [0.1, 0.15) is 36.5 Å². The summed E-state index contributed by atoms with van der Waals surface area (Å²) in [6.45, 7) is 5.35. The van der Waals surface area contributed by atoms with Gasteiger partial charge in [0.25, 0.3) is 0 Å². The van der Waals surface area contributed by atoms with Crippen molar-refractivity contribution in [2.45, 2.75) is 26.3 Å². The van der Waals surface area contributed by atoms with Gasteiger partial charge in [-0.25, -0.2) is 0 Å². The van der Waals surface area contributed by atoms with E-state index in [1.807, 2.05) is 11.9 Å². The number of hydrogen-bond donors (Lipinski definition) is 1. The maximum atomic E-state index is 12.1. The van der Waals surface area contributed by atoms with Crippen molar-refractivity contribution >= 4 is 11.6 Å². The zero-order chi connectivity index (χ0) is 17.5. The van der Waals surface area contributed by atoms with Gasteiger partial charge in [0.2, 0.25) is 5.91 Å². The summed E-state index contributed by atoms with van der Waals surface area (Å²) in [5, 5.41) is 11.7. The molecule has 0 aliphatic heterocycles. The predicted molar refractivity (Wildman–Crippen MR) is 96.7 cm³/mol. The molecule has 0 saturated heterocycles. The Balaban J connectivity index is 1.88. The van der Waals surface area contributed by atoms with E-state index in [1.54, 1.807) is 24.3 Å². The average Bonchev–Trinajstić information content (AvgIpc) is 2.55. The molecule has 1 amide bonds. The van der Waals surface area contributed by atoms with Crippen LogP contribution in [0.4, 0.5) is 5.69 Å². The van der Waals surface area contributed by atoms with Crippen molar-refractivity contribution in [3.05, 3.63) is 65.2 Å². The number of carbonyl (C=O) groups excluding carboxylic acids is 1. The van der Waals surface area contributed by atoms with E-state index in [4.69, 9.17) is 5.26 Å². The lowest BCUT2D eigenvalue weighted by molar-refractivity contribution is -0.117. The van der Waals surface area contributed by atoms with E-state index in [0.717, 1.165) is 0 Å². The highest BCUT2D eigenvalue weighted by atomic mass is 16.2. The van der Waals surface area contributed by atoms with Crippen molar-refractivity contribution in [3.8, 4) is 6.07 Å². The highest BCUT2D eigenvalue weighted by Crippen LogP contribution is 2.15. The molecular formula is C20H23N3O. The Labute approximate surface area is 143 Å². The number of nitriles is 1. The van der Waals surface area contributed by atoms with Gasteiger partial charge >= 0.3 is 0 Å². The molecular weight excluding hydrogens is 298 g/mol. The first-order valence-corrected chi connectivity index (χ1v) is 8.05. The number of likely N-dealkylation sites (N-methyl/N-ethyl adjacent to an activating group) is 1. The molecule has 0 bridgehead atoms. The van der Waals surface area contributed by atoms with Crippen molar-refractivity contribution in [2.24, 2.45) is 0 Å². The largest absolute Gasteiger partial charge is 0.325 e. The standard InChI is InChI=1S/C20H23N3O/c1-15(2)18-9-7-16(8-10-18)13-23(3)14-20(24)22-19-6-4-5-17(11-19)12-21/h4-11,15H,13-14H2,1-3H3,(H,22,24). The van der Waals surface area contributed by atoms with E-state index in [0.29, 0.717) is 30.3 Å². The molecule has 2 aromatic carbocycles. The van der Waals surface area contributed by atoms with Gasteiger partial charge in [-0.15, -0.1) is 0 Å². The lowest BCUT2D eigenvalue weighted by Crippen LogP contribution is -2.29. The normalized spacial score (nSPS) is 10.7. The second kappa shape index (κ2) is 8.28. The van der Waals surface area contributed by atoms with Crippen molar-refractivity contribution in [3.63, 3.8) is 0 Å². The Morgan fingerprint density at radius 3 is 2.54 bits per heavy atom. The quantitative estimate of drug-likeness (QED) is 0.881. The monoisotopic (exact) mass is 321 g/mol. The van der Waals surface area contributed by atoms with E-state index in [2.05, 4.69) is 49.5 Å². The molecule has 2 aromatic rings. The predicted octanol–water partition coefficient (Wildman–Crippen LogP) is 3.75. The third-order valence-corrected chi connectivity index (χ3v) is 3.79. The fourth-order valence-corrected chi connectivity index (χ4v) is 2.49. The first kappa shape index (κ1) is 17.7. The summed E-state index contributed by atoms with van der Waals surface area (Å²) in [5.41, 5.74) is 3.68. The van der Waals surface area contributed by atoms with Crippen LogP contribution < -0.4 is 5.32 Å². The van der Waals surface area contributed by atoms with Crippen LogP contribution in [0.3, 0.4) is 0 Å². The van der Waals surface area contributed by atoms with Crippen LogP contribution in [0.2, 0.25) is 0 Å². The van der Waals surface area contributed by atoms with Crippen LogP contribution >= 0.6 is 0 Å². The number of nitrogens with one attached hydrogen (secondary N) is 1. The number of amides is 1. The van der Waals surface area contributed by atoms with Crippen molar-refractivity contribution in [2.75, 3.05) is 18.9 Å². The molecule has 0 aliphatic rings. The first-order chi connectivity index (χ1) is 11.5. The van der Waals surface area contributed by atoms with Crippen LogP contribution in [-0.4, -0.2) is 24.4 Å². The second-order valence-corrected chi connectivity index (χ2v) is 6.31. The average molecular weight is 321 g/mol. The third kappa shape index (κ3) is 5.22. The Hall–Kier alpha value is -2.64. The molecule has 0 radical (unpaired) electrons. The highest BCUT2D eigenvalue weighted by molar-refractivity contribution is 5.92. The topological polar surface area (TPSA) is 56.1 Å². The van der Waals surface area contributed by atoms with E-state index in [1.165, 1.54) is 11.1 Å². The van der Waals surface area contributed by atoms with Crippen LogP contribution in [0.5, 0.6) is 0 Å². The summed E-state index contributed by atoms with van der Waals surface area (Å²) in [6.07, 6.45) is 0. The Kier molecular flexibility index (Phi) is 6.11. The van der Waals surface area contributed by atoms with Crippen molar-refractivity contribution < 1.29 is 4.79 Å². The molecule has 2 rings (SSSR count). The highest BCUT2D eigenvalue weighted by Gasteiger charge is 2.08. The minimum absolute atomic E-state index is 0.0913. The molecule has 0 aliphatic carbocycles. The molecule has 0 unspecified atom stereocenters. The molecule has 0 fully saturated rings. The summed E-state index contributed by atoms with van der Waals surface area (Å²) in [4.78, 5) is 14.1. The molecule has 1 N–H and O–H groups in total.